The van der Waals surface area contributed by atoms with Gasteiger partial charge in [-0.2, -0.15) is 0 Å². The van der Waals surface area contributed by atoms with Crippen LogP contribution in [0.4, 0.5) is 15.9 Å². The van der Waals surface area contributed by atoms with Gasteiger partial charge in [0.15, 0.2) is 0 Å². The molecule has 0 spiro atoms. The molecule has 0 bridgehead atoms. The van der Waals surface area contributed by atoms with Crippen molar-refractivity contribution >= 4 is 77.3 Å². The molecule has 0 N–H and O–H groups in total. The van der Waals surface area contributed by atoms with Gasteiger partial charge in [-0.1, -0.05) is 0 Å². The van der Waals surface area contributed by atoms with Gasteiger partial charge in [-0.3, -0.25) is 0 Å². The van der Waals surface area contributed by atoms with Gasteiger partial charge in [0, 0.05) is 0 Å². The second-order valence-corrected chi connectivity index (χ2v) is 14.7. The Labute approximate surface area is 225 Å². The van der Waals surface area contributed by atoms with Crippen molar-refractivity contribution in [1.29, 1.82) is 0 Å². The predicted molar refractivity (Wildman–Crippen MR) is 148 cm³/mol. The van der Waals surface area contributed by atoms with Gasteiger partial charge in [-0.05, 0) is 0 Å². The molecule has 0 amide bonds. The molecule has 5 heteroatoms. The normalized spacial score (nSPS) is 16.9. The van der Waals surface area contributed by atoms with Crippen molar-refractivity contribution in [2.75, 3.05) is 4.90 Å². The van der Waals surface area contributed by atoms with Gasteiger partial charge < -0.3 is 0 Å². The van der Waals surface area contributed by atoms with Crippen LogP contribution in [0.1, 0.15) is 50.1 Å². The molecular formula is C31H21NO2SeTe. The number of rotatable bonds is 2. The van der Waals surface area contributed by atoms with Crippen LogP contribution >= 0.6 is 0 Å². The number of allylic oxidation sites excluding steroid dienone is 1. The first kappa shape index (κ1) is 22.3. The molecule has 36 heavy (non-hydrogen) atoms. The Bertz CT molecular complexity index is 1700. The SMILES string of the molecule is CC1(C)c2ccccc2N(c2ccccc2)c2[se]c(/C=C3/C(=O)c4cc5cc[te]c5cc4C3=O)cc21. The Morgan fingerprint density at radius 3 is 2.36 bits per heavy atom. The van der Waals surface area contributed by atoms with E-state index in [9.17, 15) is 9.59 Å². The zero-order valence-corrected chi connectivity index (χ0v) is 23.8. The molecule has 0 fully saturated rings. The summed E-state index contributed by atoms with van der Waals surface area (Å²) in [7, 11) is 0. The number of carbonyl (C=O) groups excluding carboxylic acids is 2. The van der Waals surface area contributed by atoms with E-state index in [1.165, 1.54) is 24.8 Å². The average molecular weight is 646 g/mol. The van der Waals surface area contributed by atoms with Crippen LogP contribution in [-0.4, -0.2) is 46.5 Å². The van der Waals surface area contributed by atoms with Gasteiger partial charge in [-0.15, -0.1) is 0 Å². The van der Waals surface area contributed by atoms with Crippen LogP contribution in [0.25, 0.3) is 14.9 Å². The number of fused-ring (bicyclic) bond motifs is 4. The summed E-state index contributed by atoms with van der Waals surface area (Å²) < 4.78 is 5.80. The average Bonchev–Trinajstić information content (AvgIpc) is 3.58. The maximum atomic E-state index is 13.4. The molecule has 0 saturated carbocycles. The van der Waals surface area contributed by atoms with Gasteiger partial charge >= 0.3 is 226 Å². The van der Waals surface area contributed by atoms with E-state index in [0.717, 1.165) is 15.5 Å². The summed E-state index contributed by atoms with van der Waals surface area (Å²) in [6.45, 7) is 4.54. The topological polar surface area (TPSA) is 37.4 Å². The van der Waals surface area contributed by atoms with Crippen LogP contribution in [0.2, 0.25) is 0 Å². The molecule has 0 unspecified atom stereocenters. The number of carbonyl (C=O) groups is 2. The Morgan fingerprint density at radius 1 is 0.833 bits per heavy atom. The summed E-state index contributed by atoms with van der Waals surface area (Å²) in [6.07, 6.45) is 1.88. The molecule has 0 atom stereocenters. The van der Waals surface area contributed by atoms with Crippen molar-refractivity contribution in [3.8, 4) is 0 Å². The number of nitrogens with zero attached hydrogens (tertiary/aromatic N) is 1. The number of benzene rings is 3. The molecule has 0 saturated heterocycles. The maximum absolute atomic E-state index is 13.4. The number of hydrogen-bond acceptors (Lipinski definition) is 3. The quantitative estimate of drug-likeness (QED) is 0.125. The van der Waals surface area contributed by atoms with E-state index in [-0.39, 0.29) is 51.9 Å². The van der Waals surface area contributed by atoms with Crippen LogP contribution in [0.15, 0.2) is 88.5 Å². The third kappa shape index (κ3) is 3.17. The van der Waals surface area contributed by atoms with Crippen LogP contribution in [0.5, 0.6) is 0 Å². The van der Waals surface area contributed by atoms with Gasteiger partial charge in [0.1, 0.15) is 0 Å². The summed E-state index contributed by atoms with van der Waals surface area (Å²) in [6, 6.07) is 27.3. The molecule has 7 rings (SSSR count). The minimum absolute atomic E-state index is 0.0464. The zero-order valence-electron chi connectivity index (χ0n) is 19.7. The van der Waals surface area contributed by atoms with Gasteiger partial charge in [-0.25, -0.2) is 0 Å². The molecular weight excluding hydrogens is 625 g/mol. The van der Waals surface area contributed by atoms with Crippen LogP contribution in [0, 0.1) is 0 Å². The summed E-state index contributed by atoms with van der Waals surface area (Å²) in [4.78, 5) is 29.1. The predicted octanol–water partition coefficient (Wildman–Crippen LogP) is 6.53. The summed E-state index contributed by atoms with van der Waals surface area (Å²) in [5.41, 5.74) is 6.15. The Hall–Kier alpha value is -2.93. The first-order valence-corrected chi connectivity index (χ1v) is 16.1. The van der Waals surface area contributed by atoms with E-state index >= 15 is 0 Å². The van der Waals surface area contributed by atoms with E-state index in [1.54, 1.807) is 0 Å². The molecule has 5 aromatic rings. The second kappa shape index (κ2) is 8.04. The second-order valence-electron chi connectivity index (χ2n) is 9.75. The first-order valence-electron chi connectivity index (χ1n) is 11.8. The fourth-order valence-electron chi connectivity index (χ4n) is 5.42. The standard InChI is InChI=1S/C31H21NO2SeTe/c1-31(2)24-10-6-7-11-26(24)32(19-8-4-3-5-9-19)30-25(31)16-20(35-30)15-23-28(33)21-14-18-12-13-36-27(18)17-22(21)29(23)34/h3-17H,1-2H3/b23-15-. The van der Waals surface area contributed by atoms with Crippen molar-refractivity contribution in [3.05, 3.63) is 115 Å². The fraction of sp³-hybridized carbons (Fsp3) is 0.0968. The Balaban J connectivity index is 1.39. The van der Waals surface area contributed by atoms with E-state index in [4.69, 9.17) is 0 Å². The molecule has 1 aliphatic carbocycles. The van der Waals surface area contributed by atoms with Crippen molar-refractivity contribution in [1.82, 2.24) is 0 Å². The van der Waals surface area contributed by atoms with Crippen LogP contribution in [-0.2, 0) is 5.41 Å². The van der Waals surface area contributed by atoms with Gasteiger partial charge in [0.25, 0.3) is 0 Å². The van der Waals surface area contributed by atoms with E-state index in [1.807, 2.05) is 24.3 Å². The first-order chi connectivity index (χ1) is 17.4. The molecule has 1 aliphatic heterocycles. The minimum atomic E-state index is -0.389. The van der Waals surface area contributed by atoms with Gasteiger partial charge in [0.2, 0.25) is 0 Å². The Kier molecular flexibility index (Phi) is 4.97. The van der Waals surface area contributed by atoms with Crippen molar-refractivity contribution in [2.24, 2.45) is 0 Å². The van der Waals surface area contributed by atoms with Crippen molar-refractivity contribution < 1.29 is 9.59 Å². The molecule has 174 valence electrons. The molecule has 2 aromatic heterocycles. The Morgan fingerprint density at radius 2 is 1.56 bits per heavy atom. The summed E-state index contributed by atoms with van der Waals surface area (Å²) >= 11 is -0.436. The number of hydrogen-bond donors (Lipinski definition) is 0. The van der Waals surface area contributed by atoms with Gasteiger partial charge in [0.05, 0.1) is 0 Å². The molecule has 0 radical (unpaired) electrons. The fourth-order valence-corrected chi connectivity index (χ4v) is 10.5. The zero-order chi connectivity index (χ0) is 24.6. The van der Waals surface area contributed by atoms with Crippen molar-refractivity contribution in [2.45, 2.75) is 19.3 Å². The number of Topliss-reactive ketones (excluding diaryl/α,β-unsaturated/α-hetero) is 2. The number of para-hydroxylation sites is 2. The third-order valence-corrected chi connectivity index (χ3v) is 12.0. The monoisotopic (exact) mass is 649 g/mol. The summed E-state index contributed by atoms with van der Waals surface area (Å²) in [5, 5.41) is 1.11. The van der Waals surface area contributed by atoms with Crippen LogP contribution < -0.4 is 4.90 Å². The van der Waals surface area contributed by atoms with E-state index in [2.05, 4.69) is 83.5 Å². The van der Waals surface area contributed by atoms with Crippen LogP contribution in [0.3, 0.4) is 0 Å². The molecule has 3 nitrogen and oxygen atoms in total. The van der Waals surface area contributed by atoms with Crippen molar-refractivity contribution in [3.63, 3.8) is 0 Å². The van der Waals surface area contributed by atoms with E-state index < -0.39 is 0 Å². The molecule has 3 heterocycles. The third-order valence-electron chi connectivity index (χ3n) is 7.30. The summed E-state index contributed by atoms with van der Waals surface area (Å²) in [5.74, 6) is -0.260. The number of ketones is 2. The number of anilines is 3. The molecule has 3 aromatic carbocycles. The van der Waals surface area contributed by atoms with E-state index in [0.29, 0.717) is 16.7 Å². The molecule has 2 aliphatic rings.